The lowest BCUT2D eigenvalue weighted by molar-refractivity contribution is -0.275. The van der Waals surface area contributed by atoms with Gasteiger partial charge in [0.05, 0.1) is 12.3 Å². The number of benzene rings is 3. The summed E-state index contributed by atoms with van der Waals surface area (Å²) in [6.07, 6.45) is -5.40. The van der Waals surface area contributed by atoms with Crippen LogP contribution in [0, 0.1) is 6.92 Å². The minimum atomic E-state index is -4.80. The first-order valence-electron chi connectivity index (χ1n) is 11.6. The highest BCUT2D eigenvalue weighted by molar-refractivity contribution is 6.61. The van der Waals surface area contributed by atoms with Crippen molar-refractivity contribution in [1.29, 1.82) is 0 Å². The quantitative estimate of drug-likeness (QED) is 0.427. The van der Waals surface area contributed by atoms with Gasteiger partial charge in [0, 0.05) is 34.1 Å². The molecule has 0 spiro atoms. The Labute approximate surface area is 226 Å². The summed E-state index contributed by atoms with van der Waals surface area (Å²) in [5.41, 5.74) is 0.751. The van der Waals surface area contributed by atoms with Gasteiger partial charge in [-0.25, -0.2) is 0 Å². The van der Waals surface area contributed by atoms with E-state index >= 15 is 0 Å². The Morgan fingerprint density at radius 2 is 1.87 bits per heavy atom. The Kier molecular flexibility index (Phi) is 6.94. The summed E-state index contributed by atoms with van der Waals surface area (Å²) in [7, 11) is -0.982. The molecule has 0 bridgehead atoms. The maximum Gasteiger partial charge on any atom is 0.491 e. The molecule has 6 nitrogen and oxygen atoms in total. The first-order valence-corrected chi connectivity index (χ1v) is 12.3. The van der Waals surface area contributed by atoms with Crippen molar-refractivity contribution in [2.75, 3.05) is 0 Å². The van der Waals surface area contributed by atoms with Gasteiger partial charge in [-0.05, 0) is 65.0 Å². The van der Waals surface area contributed by atoms with Crippen molar-refractivity contribution < 1.29 is 32.5 Å². The molecule has 1 unspecified atom stereocenters. The number of amides is 1. The lowest BCUT2D eigenvalue weighted by Gasteiger charge is -2.29. The van der Waals surface area contributed by atoms with Crippen molar-refractivity contribution in [2.24, 2.45) is 5.16 Å². The molecular formula is C26H20BCl2F3N2O4. The molecule has 3 aromatic rings. The fraction of sp³-hybridized carbons (Fsp3) is 0.231. The maximum atomic E-state index is 14.3. The lowest BCUT2D eigenvalue weighted by Crippen LogP contribution is -2.42. The maximum absolute atomic E-state index is 14.3. The Balaban J connectivity index is 1.32. The highest BCUT2D eigenvalue weighted by Crippen LogP contribution is 2.49. The summed E-state index contributed by atoms with van der Waals surface area (Å²) >= 11 is 11.9. The molecule has 0 saturated heterocycles. The highest BCUT2D eigenvalue weighted by Gasteiger charge is 2.62. The van der Waals surface area contributed by atoms with E-state index in [1.54, 1.807) is 19.1 Å². The largest absolute Gasteiger partial charge is 0.491 e. The Morgan fingerprint density at radius 1 is 1.13 bits per heavy atom. The van der Waals surface area contributed by atoms with E-state index in [1.165, 1.54) is 18.2 Å². The predicted octanol–water partition coefficient (Wildman–Crippen LogP) is 5.03. The molecule has 0 radical (unpaired) electrons. The van der Waals surface area contributed by atoms with Gasteiger partial charge in [-0.2, -0.15) is 13.2 Å². The second kappa shape index (κ2) is 9.92. The molecule has 0 aliphatic carbocycles. The molecule has 1 amide bonds. The molecule has 0 saturated carbocycles. The fourth-order valence-electron chi connectivity index (χ4n) is 4.60. The third-order valence-corrected chi connectivity index (χ3v) is 7.08. The van der Waals surface area contributed by atoms with Crippen molar-refractivity contribution >= 4 is 47.4 Å². The monoisotopic (exact) mass is 562 g/mol. The zero-order valence-electron chi connectivity index (χ0n) is 19.9. The van der Waals surface area contributed by atoms with Crippen LogP contribution in [0.5, 0.6) is 0 Å². The van der Waals surface area contributed by atoms with Gasteiger partial charge in [-0.15, -0.1) is 0 Å². The number of hydrogen-bond acceptors (Lipinski definition) is 5. The van der Waals surface area contributed by atoms with Gasteiger partial charge in [0.15, 0.2) is 0 Å². The topological polar surface area (TPSA) is 80.2 Å². The molecule has 1 atom stereocenters. The second-order valence-electron chi connectivity index (χ2n) is 9.20. The normalized spacial score (nSPS) is 18.7. The van der Waals surface area contributed by atoms with Gasteiger partial charge in [0.1, 0.15) is 0 Å². The van der Waals surface area contributed by atoms with Gasteiger partial charge >= 0.3 is 13.3 Å². The molecule has 2 aliphatic heterocycles. The van der Waals surface area contributed by atoms with Crippen LogP contribution < -0.4 is 10.8 Å². The van der Waals surface area contributed by atoms with Gasteiger partial charge in [-0.3, -0.25) is 4.79 Å². The lowest BCUT2D eigenvalue weighted by atomic mass is 9.79. The summed E-state index contributed by atoms with van der Waals surface area (Å²) in [4.78, 5) is 17.9. The molecule has 12 heteroatoms. The summed E-state index contributed by atoms with van der Waals surface area (Å²) in [5.74, 6) is -0.353. The van der Waals surface area contributed by atoms with Crippen LogP contribution in [0.15, 0.2) is 59.8 Å². The van der Waals surface area contributed by atoms with Crippen molar-refractivity contribution in [2.45, 2.75) is 38.3 Å². The fourth-order valence-corrected chi connectivity index (χ4v) is 5.12. The molecule has 0 aromatic heterocycles. The minimum absolute atomic E-state index is 0.0452. The van der Waals surface area contributed by atoms with Gasteiger partial charge in [-0.1, -0.05) is 52.6 Å². The Bertz CT molecular complexity index is 1450. The van der Waals surface area contributed by atoms with E-state index in [4.69, 9.17) is 32.7 Å². The number of fused-ring (bicyclic) bond motifs is 1. The number of carbonyl (C=O) groups is 1. The third-order valence-electron chi connectivity index (χ3n) is 6.65. The van der Waals surface area contributed by atoms with Gasteiger partial charge < -0.3 is 19.8 Å². The van der Waals surface area contributed by atoms with Crippen LogP contribution in [0.2, 0.25) is 10.0 Å². The zero-order chi connectivity index (χ0) is 27.2. The average molecular weight is 563 g/mol. The molecule has 2 heterocycles. The molecule has 196 valence electrons. The molecule has 2 aliphatic rings. The van der Waals surface area contributed by atoms with Crippen molar-refractivity contribution in [1.82, 2.24) is 5.32 Å². The van der Waals surface area contributed by atoms with Crippen LogP contribution in [-0.4, -0.2) is 29.9 Å². The predicted molar refractivity (Wildman–Crippen MR) is 138 cm³/mol. The molecule has 3 aromatic carbocycles. The van der Waals surface area contributed by atoms with Crippen LogP contribution in [0.1, 0.15) is 44.6 Å². The smallest absolute Gasteiger partial charge is 0.423 e. The number of alkyl halides is 3. The van der Waals surface area contributed by atoms with Crippen LogP contribution >= 0.6 is 23.2 Å². The second-order valence-corrected chi connectivity index (χ2v) is 10.1. The Morgan fingerprint density at radius 3 is 2.55 bits per heavy atom. The van der Waals surface area contributed by atoms with E-state index < -0.39 is 25.3 Å². The number of nitrogens with zero attached hydrogens (tertiary/aromatic N) is 1. The number of nitrogens with one attached hydrogen (secondary N) is 1. The number of oxime groups is 1. The summed E-state index contributed by atoms with van der Waals surface area (Å²) in [5, 5.41) is 16.6. The first kappa shape index (κ1) is 26.6. The van der Waals surface area contributed by atoms with E-state index in [2.05, 4.69) is 10.5 Å². The SMILES string of the molecule is Cc1cc(C2=NOC(c3cc(Cl)cc(Cl)c3)(C(F)(F)F)C2)ccc1C(=O)NCc1ccc2c(c1)B(O)OC2. The number of carbonyl (C=O) groups excluding carboxylic acids is 1. The van der Waals surface area contributed by atoms with E-state index in [0.29, 0.717) is 28.8 Å². The minimum Gasteiger partial charge on any atom is -0.423 e. The molecule has 2 N–H and O–H groups in total. The van der Waals surface area contributed by atoms with E-state index in [1.807, 2.05) is 12.1 Å². The average Bonchev–Trinajstić information content (AvgIpc) is 3.47. The summed E-state index contributed by atoms with van der Waals surface area (Å²) in [6.45, 7) is 2.24. The first-order chi connectivity index (χ1) is 18.0. The van der Waals surface area contributed by atoms with Crippen LogP contribution in [0.4, 0.5) is 13.2 Å². The number of hydrogen-bond donors (Lipinski definition) is 2. The van der Waals surface area contributed by atoms with Crippen LogP contribution in [0.3, 0.4) is 0 Å². The Hall–Kier alpha value is -3.05. The van der Waals surface area contributed by atoms with Crippen molar-refractivity contribution in [3.63, 3.8) is 0 Å². The number of halogens is 5. The van der Waals surface area contributed by atoms with Crippen molar-refractivity contribution in [3.05, 3.63) is 98.0 Å². The van der Waals surface area contributed by atoms with Gasteiger partial charge in [0.2, 0.25) is 0 Å². The molecule has 0 fully saturated rings. The van der Waals surface area contributed by atoms with Gasteiger partial charge in [0.25, 0.3) is 11.5 Å². The van der Waals surface area contributed by atoms with E-state index in [9.17, 15) is 23.0 Å². The summed E-state index contributed by atoms with van der Waals surface area (Å²) in [6, 6.07) is 13.8. The molecule has 38 heavy (non-hydrogen) atoms. The molecule has 5 rings (SSSR count). The van der Waals surface area contributed by atoms with Crippen LogP contribution in [0.25, 0.3) is 0 Å². The molecular weight excluding hydrogens is 543 g/mol. The third kappa shape index (κ3) is 4.89. The number of aryl methyl sites for hydroxylation is 1. The zero-order valence-corrected chi connectivity index (χ0v) is 21.4. The van der Waals surface area contributed by atoms with Crippen molar-refractivity contribution in [3.8, 4) is 0 Å². The number of rotatable bonds is 5. The summed E-state index contributed by atoms with van der Waals surface area (Å²) < 4.78 is 48.0. The standard InChI is InChI=1S/C26H20BCl2F3N2O4/c1-14-6-16(23-11-25(38-34-23,26(30,31)32)18-8-19(28)10-20(29)9-18)4-5-21(14)24(35)33-12-15-2-3-17-13-37-27(36)22(17)7-15/h2-10,36H,11-13H2,1H3,(H,33,35). The van der Waals surface area contributed by atoms with E-state index in [0.717, 1.165) is 23.3 Å². The van der Waals surface area contributed by atoms with E-state index in [-0.39, 0.29) is 33.8 Å². The highest BCUT2D eigenvalue weighted by atomic mass is 35.5. The van der Waals surface area contributed by atoms with Crippen LogP contribution in [-0.2, 0) is 28.2 Å².